The second-order valence-electron chi connectivity index (χ2n) is 6.80. The van der Waals surface area contributed by atoms with Crippen LogP contribution in [0.15, 0.2) is 83.8 Å². The van der Waals surface area contributed by atoms with Gasteiger partial charge in [-0.3, -0.25) is 9.69 Å². The Balaban J connectivity index is 1.36. The van der Waals surface area contributed by atoms with Gasteiger partial charge in [-0.1, -0.05) is 54.3 Å². The van der Waals surface area contributed by atoms with Crippen LogP contribution in [0.4, 0.5) is 5.69 Å². The fourth-order valence-corrected chi connectivity index (χ4v) is 4.40. The molecule has 1 aliphatic heterocycles. The van der Waals surface area contributed by atoms with Gasteiger partial charge in [-0.05, 0) is 60.2 Å². The van der Waals surface area contributed by atoms with Crippen molar-refractivity contribution in [3.05, 3.63) is 89.3 Å². The molecule has 7 heteroatoms. The lowest BCUT2D eigenvalue weighted by Crippen LogP contribution is -2.27. The largest absolute Gasteiger partial charge is 0.497 e. The molecule has 0 atom stereocenters. The number of thioether (sulfide) groups is 1. The quantitative estimate of drug-likeness (QED) is 0.248. The van der Waals surface area contributed by atoms with Gasteiger partial charge in [0.25, 0.3) is 5.91 Å². The number of amides is 1. The Kier molecular flexibility index (Phi) is 7.09. The predicted octanol–water partition coefficient (Wildman–Crippen LogP) is 5.56. The highest BCUT2D eigenvalue weighted by Crippen LogP contribution is 2.36. The number of carbonyl (C=O) groups is 1. The van der Waals surface area contributed by atoms with E-state index in [2.05, 4.69) is 0 Å². The minimum absolute atomic E-state index is 0.120. The van der Waals surface area contributed by atoms with E-state index in [1.54, 1.807) is 12.0 Å². The number of methoxy groups -OCH3 is 1. The van der Waals surface area contributed by atoms with E-state index in [4.69, 9.17) is 26.4 Å². The summed E-state index contributed by atoms with van der Waals surface area (Å²) in [5.74, 6) is 2.12. The van der Waals surface area contributed by atoms with Gasteiger partial charge < -0.3 is 14.2 Å². The third-order valence-corrected chi connectivity index (χ3v) is 5.95. The zero-order chi connectivity index (χ0) is 22.3. The lowest BCUT2D eigenvalue weighted by molar-refractivity contribution is -0.113. The van der Waals surface area contributed by atoms with Crippen LogP contribution >= 0.6 is 24.0 Å². The maximum Gasteiger partial charge on any atom is 0.270 e. The van der Waals surface area contributed by atoms with E-state index in [0.29, 0.717) is 28.2 Å². The van der Waals surface area contributed by atoms with Crippen LogP contribution in [0.2, 0.25) is 0 Å². The molecule has 1 fully saturated rings. The average Bonchev–Trinajstić information content (AvgIpc) is 3.10. The Morgan fingerprint density at radius 1 is 0.875 bits per heavy atom. The van der Waals surface area contributed by atoms with Crippen molar-refractivity contribution < 1.29 is 19.0 Å². The molecule has 0 saturated carbocycles. The van der Waals surface area contributed by atoms with E-state index in [9.17, 15) is 4.79 Å². The number of hydrogen-bond donors (Lipinski definition) is 0. The van der Waals surface area contributed by atoms with Crippen LogP contribution in [0.25, 0.3) is 6.08 Å². The summed E-state index contributed by atoms with van der Waals surface area (Å²) in [6.45, 7) is 0.803. The maximum atomic E-state index is 12.9. The topological polar surface area (TPSA) is 48.0 Å². The number of benzene rings is 3. The summed E-state index contributed by atoms with van der Waals surface area (Å²) in [5.41, 5.74) is 1.64. The van der Waals surface area contributed by atoms with Gasteiger partial charge in [0, 0.05) is 0 Å². The number of nitrogens with zero attached hydrogens (tertiary/aromatic N) is 1. The fraction of sp³-hybridized carbons (Fsp3) is 0.120. The molecule has 0 unspecified atom stereocenters. The normalized spacial score (nSPS) is 14.7. The number of thiocarbonyl (C=S) groups is 1. The molecular formula is C25H21NO4S2. The molecular weight excluding hydrogens is 442 g/mol. The second kappa shape index (κ2) is 10.3. The van der Waals surface area contributed by atoms with Gasteiger partial charge in [0.1, 0.15) is 30.5 Å². The summed E-state index contributed by atoms with van der Waals surface area (Å²) in [7, 11) is 1.63. The molecule has 162 valence electrons. The van der Waals surface area contributed by atoms with Gasteiger partial charge in [-0.2, -0.15) is 0 Å². The van der Waals surface area contributed by atoms with Crippen molar-refractivity contribution in [1.82, 2.24) is 0 Å². The third kappa shape index (κ3) is 5.30. The summed E-state index contributed by atoms with van der Waals surface area (Å²) in [6, 6.07) is 24.4. The second-order valence-corrected chi connectivity index (χ2v) is 8.47. The van der Waals surface area contributed by atoms with Gasteiger partial charge in [-0.15, -0.1) is 0 Å². The molecule has 0 N–H and O–H groups in total. The first kappa shape index (κ1) is 21.9. The molecule has 3 aromatic carbocycles. The number of anilines is 1. The average molecular weight is 464 g/mol. The summed E-state index contributed by atoms with van der Waals surface area (Å²) >= 11 is 6.72. The van der Waals surface area contributed by atoms with E-state index in [-0.39, 0.29) is 5.91 Å². The molecule has 3 aromatic rings. The highest BCUT2D eigenvalue weighted by Gasteiger charge is 2.33. The van der Waals surface area contributed by atoms with Crippen LogP contribution in [0, 0.1) is 0 Å². The number of hydrogen-bond acceptors (Lipinski definition) is 6. The first-order valence-electron chi connectivity index (χ1n) is 9.97. The van der Waals surface area contributed by atoms with Gasteiger partial charge in [-0.25, -0.2) is 0 Å². The minimum Gasteiger partial charge on any atom is -0.497 e. The van der Waals surface area contributed by atoms with Crippen LogP contribution in [0.5, 0.6) is 17.2 Å². The molecule has 1 saturated heterocycles. The summed E-state index contributed by atoms with van der Waals surface area (Å²) in [4.78, 5) is 15.0. The van der Waals surface area contributed by atoms with Crippen molar-refractivity contribution >= 4 is 46.0 Å². The summed E-state index contributed by atoms with van der Waals surface area (Å²) in [6.07, 6.45) is 1.84. The van der Waals surface area contributed by atoms with Crippen LogP contribution in [-0.2, 0) is 4.79 Å². The molecule has 4 rings (SSSR count). The molecule has 0 spiro atoms. The zero-order valence-corrected chi connectivity index (χ0v) is 19.0. The minimum atomic E-state index is -0.120. The van der Waals surface area contributed by atoms with Crippen LogP contribution in [-0.4, -0.2) is 30.6 Å². The van der Waals surface area contributed by atoms with Crippen molar-refractivity contribution in [2.75, 3.05) is 25.2 Å². The lowest BCUT2D eigenvalue weighted by atomic mass is 10.2. The van der Waals surface area contributed by atoms with Gasteiger partial charge in [0.2, 0.25) is 0 Å². The van der Waals surface area contributed by atoms with E-state index in [1.165, 1.54) is 11.8 Å². The van der Waals surface area contributed by atoms with E-state index < -0.39 is 0 Å². The number of rotatable bonds is 8. The van der Waals surface area contributed by atoms with Crippen molar-refractivity contribution in [3.8, 4) is 17.2 Å². The Morgan fingerprint density at radius 2 is 1.56 bits per heavy atom. The highest BCUT2D eigenvalue weighted by molar-refractivity contribution is 8.27. The molecule has 5 nitrogen and oxygen atoms in total. The molecule has 0 aliphatic carbocycles. The standard InChI is InChI=1S/C25H21NO4S2/c1-28-20-10-12-21(13-11-20)29-14-15-30-22-9-5-6-18(16-22)17-23-24(27)26(25(31)32-23)19-7-3-2-4-8-19/h2-13,16-17H,14-15H2,1H3/b23-17+. The van der Waals surface area contributed by atoms with Crippen molar-refractivity contribution in [2.45, 2.75) is 0 Å². The Bertz CT molecular complexity index is 1130. The SMILES string of the molecule is COc1ccc(OCCOc2cccc(/C=C3/SC(=S)N(c4ccccc4)C3=O)c2)cc1. The van der Waals surface area contributed by atoms with Crippen LogP contribution in [0.3, 0.4) is 0 Å². The Hall–Kier alpha value is -3.29. The predicted molar refractivity (Wildman–Crippen MR) is 133 cm³/mol. The van der Waals surface area contributed by atoms with Gasteiger partial charge in [0.15, 0.2) is 4.32 Å². The molecule has 0 radical (unpaired) electrons. The summed E-state index contributed by atoms with van der Waals surface area (Å²) < 4.78 is 17.2. The molecule has 32 heavy (non-hydrogen) atoms. The van der Waals surface area contributed by atoms with Gasteiger partial charge in [0.05, 0.1) is 17.7 Å². The molecule has 0 aromatic heterocycles. The summed E-state index contributed by atoms with van der Waals surface area (Å²) in [5, 5.41) is 0. The van der Waals surface area contributed by atoms with Crippen LogP contribution < -0.4 is 19.1 Å². The monoisotopic (exact) mass is 463 g/mol. The van der Waals surface area contributed by atoms with E-state index in [1.807, 2.05) is 84.9 Å². The van der Waals surface area contributed by atoms with Crippen LogP contribution in [0.1, 0.15) is 5.56 Å². The molecule has 1 heterocycles. The molecule has 1 aliphatic rings. The van der Waals surface area contributed by atoms with Gasteiger partial charge >= 0.3 is 0 Å². The Labute approximate surface area is 196 Å². The molecule has 1 amide bonds. The number of para-hydroxylation sites is 1. The van der Waals surface area contributed by atoms with Crippen molar-refractivity contribution in [2.24, 2.45) is 0 Å². The van der Waals surface area contributed by atoms with E-state index >= 15 is 0 Å². The number of ether oxygens (including phenoxy) is 3. The first-order chi connectivity index (χ1) is 15.6. The molecule has 0 bridgehead atoms. The smallest absolute Gasteiger partial charge is 0.270 e. The number of carbonyl (C=O) groups excluding carboxylic acids is 1. The zero-order valence-electron chi connectivity index (χ0n) is 17.4. The van der Waals surface area contributed by atoms with Crippen molar-refractivity contribution in [1.29, 1.82) is 0 Å². The lowest BCUT2D eigenvalue weighted by Gasteiger charge is -2.13. The van der Waals surface area contributed by atoms with Crippen molar-refractivity contribution in [3.63, 3.8) is 0 Å². The van der Waals surface area contributed by atoms with E-state index in [0.717, 1.165) is 22.7 Å². The fourth-order valence-electron chi connectivity index (χ4n) is 3.10. The highest BCUT2D eigenvalue weighted by atomic mass is 32.2. The third-order valence-electron chi connectivity index (χ3n) is 4.64. The maximum absolute atomic E-state index is 12.9. The Morgan fingerprint density at radius 3 is 2.28 bits per heavy atom. The first-order valence-corrected chi connectivity index (χ1v) is 11.2.